The van der Waals surface area contributed by atoms with Crippen molar-refractivity contribution in [3.05, 3.63) is 30.1 Å². The molecule has 1 fully saturated rings. The largest absolute Gasteiger partial charge is 0.331 e. The molecule has 1 N–H and O–H groups in total. The van der Waals surface area contributed by atoms with E-state index in [2.05, 4.69) is 48.2 Å². The lowest BCUT2D eigenvalue weighted by Gasteiger charge is -2.31. The molecular formula is C17H25N3. The lowest BCUT2D eigenvalue weighted by Crippen LogP contribution is -2.30. The Bertz CT molecular complexity index is 571. The Labute approximate surface area is 121 Å². The van der Waals surface area contributed by atoms with Crippen molar-refractivity contribution in [1.29, 1.82) is 0 Å². The lowest BCUT2D eigenvalue weighted by atomic mass is 9.77. The van der Waals surface area contributed by atoms with Crippen LogP contribution in [-0.2, 0) is 13.5 Å². The Kier molecular flexibility index (Phi) is 4.06. The standard InChI is InChI=1S/C17H25N3/c1-18-12-14-8-4-3-7-13(14)11-17-19-15-9-5-6-10-16(15)20(17)2/h5-6,9-10,13-14,18H,3-4,7-8,11-12H2,1-2H3. The van der Waals surface area contributed by atoms with Crippen molar-refractivity contribution in [2.24, 2.45) is 18.9 Å². The van der Waals surface area contributed by atoms with Gasteiger partial charge in [0.1, 0.15) is 5.82 Å². The zero-order valence-electron chi connectivity index (χ0n) is 12.6. The molecular weight excluding hydrogens is 246 g/mol. The first kappa shape index (κ1) is 13.6. The normalized spacial score (nSPS) is 23.3. The topological polar surface area (TPSA) is 29.9 Å². The van der Waals surface area contributed by atoms with Crippen LogP contribution in [0.1, 0.15) is 31.5 Å². The monoisotopic (exact) mass is 271 g/mol. The maximum atomic E-state index is 4.84. The fraction of sp³-hybridized carbons (Fsp3) is 0.588. The average molecular weight is 271 g/mol. The second kappa shape index (κ2) is 5.96. The van der Waals surface area contributed by atoms with Crippen LogP contribution in [0, 0.1) is 11.8 Å². The molecule has 0 amide bonds. The molecule has 2 unspecified atom stereocenters. The van der Waals surface area contributed by atoms with Gasteiger partial charge in [0.25, 0.3) is 0 Å². The third-order valence-corrected chi connectivity index (χ3v) is 4.86. The number of imidazole rings is 1. The molecule has 2 atom stereocenters. The summed E-state index contributed by atoms with van der Waals surface area (Å²) in [5.41, 5.74) is 2.38. The van der Waals surface area contributed by atoms with Gasteiger partial charge in [-0.15, -0.1) is 0 Å². The van der Waals surface area contributed by atoms with Crippen LogP contribution in [0.3, 0.4) is 0 Å². The Morgan fingerprint density at radius 2 is 1.95 bits per heavy atom. The molecule has 0 saturated heterocycles. The van der Waals surface area contributed by atoms with E-state index in [1.165, 1.54) is 37.0 Å². The van der Waals surface area contributed by atoms with Crippen molar-refractivity contribution < 1.29 is 0 Å². The molecule has 1 aliphatic carbocycles. The van der Waals surface area contributed by atoms with Crippen LogP contribution < -0.4 is 5.32 Å². The summed E-state index contributed by atoms with van der Waals surface area (Å²) in [6.45, 7) is 1.15. The number of aromatic nitrogens is 2. The van der Waals surface area contributed by atoms with Crippen molar-refractivity contribution in [1.82, 2.24) is 14.9 Å². The van der Waals surface area contributed by atoms with Gasteiger partial charge < -0.3 is 9.88 Å². The number of benzene rings is 1. The first-order valence-electron chi connectivity index (χ1n) is 7.84. The van der Waals surface area contributed by atoms with Crippen LogP contribution in [0.25, 0.3) is 11.0 Å². The summed E-state index contributed by atoms with van der Waals surface area (Å²) in [4.78, 5) is 4.84. The van der Waals surface area contributed by atoms with Crippen LogP contribution in [0.15, 0.2) is 24.3 Å². The summed E-state index contributed by atoms with van der Waals surface area (Å²) in [6.07, 6.45) is 6.63. The van der Waals surface area contributed by atoms with E-state index in [-0.39, 0.29) is 0 Å². The zero-order chi connectivity index (χ0) is 13.9. The highest BCUT2D eigenvalue weighted by molar-refractivity contribution is 5.75. The maximum absolute atomic E-state index is 4.84. The molecule has 1 saturated carbocycles. The minimum Gasteiger partial charge on any atom is -0.331 e. The summed E-state index contributed by atoms with van der Waals surface area (Å²) in [6, 6.07) is 8.45. The summed E-state index contributed by atoms with van der Waals surface area (Å²) in [5, 5.41) is 3.37. The van der Waals surface area contributed by atoms with Gasteiger partial charge in [-0.25, -0.2) is 4.98 Å². The van der Waals surface area contributed by atoms with E-state index in [0.717, 1.165) is 30.3 Å². The molecule has 1 aromatic heterocycles. The lowest BCUT2D eigenvalue weighted by molar-refractivity contribution is 0.228. The van der Waals surface area contributed by atoms with Crippen molar-refractivity contribution in [2.75, 3.05) is 13.6 Å². The van der Waals surface area contributed by atoms with Crippen LogP contribution in [0.5, 0.6) is 0 Å². The van der Waals surface area contributed by atoms with Gasteiger partial charge in [0.05, 0.1) is 11.0 Å². The number of nitrogens with one attached hydrogen (secondary N) is 1. The number of hydrogen-bond donors (Lipinski definition) is 1. The van der Waals surface area contributed by atoms with Gasteiger partial charge in [-0.2, -0.15) is 0 Å². The van der Waals surface area contributed by atoms with Crippen molar-refractivity contribution in [3.8, 4) is 0 Å². The molecule has 20 heavy (non-hydrogen) atoms. The highest BCUT2D eigenvalue weighted by Gasteiger charge is 2.26. The van der Waals surface area contributed by atoms with Crippen molar-refractivity contribution in [2.45, 2.75) is 32.1 Å². The van der Waals surface area contributed by atoms with Crippen LogP contribution in [-0.4, -0.2) is 23.1 Å². The highest BCUT2D eigenvalue weighted by atomic mass is 15.1. The SMILES string of the molecule is CNCC1CCCCC1Cc1nc2ccccc2n1C. The smallest absolute Gasteiger partial charge is 0.109 e. The summed E-state index contributed by atoms with van der Waals surface area (Å²) in [7, 11) is 4.22. The minimum absolute atomic E-state index is 0.784. The second-order valence-electron chi connectivity index (χ2n) is 6.14. The highest BCUT2D eigenvalue weighted by Crippen LogP contribution is 2.32. The summed E-state index contributed by atoms with van der Waals surface area (Å²) >= 11 is 0. The van der Waals surface area contributed by atoms with Gasteiger partial charge in [-0.05, 0) is 50.4 Å². The molecule has 3 heteroatoms. The first-order valence-corrected chi connectivity index (χ1v) is 7.84. The van der Waals surface area contributed by atoms with Gasteiger partial charge in [0, 0.05) is 13.5 Å². The van der Waals surface area contributed by atoms with Crippen LogP contribution in [0.2, 0.25) is 0 Å². The van der Waals surface area contributed by atoms with Gasteiger partial charge in [0.2, 0.25) is 0 Å². The number of aryl methyl sites for hydroxylation is 1. The molecule has 3 rings (SSSR count). The van der Waals surface area contributed by atoms with Crippen LogP contribution >= 0.6 is 0 Å². The molecule has 3 nitrogen and oxygen atoms in total. The fourth-order valence-corrected chi connectivity index (χ4v) is 3.70. The fourth-order valence-electron chi connectivity index (χ4n) is 3.70. The maximum Gasteiger partial charge on any atom is 0.109 e. The third-order valence-electron chi connectivity index (χ3n) is 4.86. The van der Waals surface area contributed by atoms with E-state index < -0.39 is 0 Å². The van der Waals surface area contributed by atoms with Gasteiger partial charge in [-0.3, -0.25) is 0 Å². The number of nitrogens with zero attached hydrogens (tertiary/aromatic N) is 2. The molecule has 1 heterocycles. The molecule has 1 aliphatic rings. The predicted molar refractivity (Wildman–Crippen MR) is 83.8 cm³/mol. The van der Waals surface area contributed by atoms with Gasteiger partial charge >= 0.3 is 0 Å². The van der Waals surface area contributed by atoms with Gasteiger partial charge in [0.15, 0.2) is 0 Å². The molecule has 0 bridgehead atoms. The quantitative estimate of drug-likeness (QED) is 0.926. The van der Waals surface area contributed by atoms with E-state index in [1.807, 2.05) is 0 Å². The second-order valence-corrected chi connectivity index (χ2v) is 6.14. The Hall–Kier alpha value is -1.35. The third kappa shape index (κ3) is 2.59. The molecule has 0 aliphatic heterocycles. The van der Waals surface area contributed by atoms with E-state index in [0.29, 0.717) is 0 Å². The summed E-state index contributed by atoms with van der Waals surface area (Å²) < 4.78 is 2.28. The van der Waals surface area contributed by atoms with E-state index in [4.69, 9.17) is 4.98 Å². The van der Waals surface area contributed by atoms with Crippen LogP contribution in [0.4, 0.5) is 0 Å². The number of hydrogen-bond acceptors (Lipinski definition) is 2. The molecule has 1 aromatic carbocycles. The van der Waals surface area contributed by atoms with E-state index in [9.17, 15) is 0 Å². The number of fused-ring (bicyclic) bond motifs is 1. The number of rotatable bonds is 4. The zero-order valence-corrected chi connectivity index (χ0v) is 12.6. The molecule has 108 valence electrons. The Morgan fingerprint density at radius 3 is 2.70 bits per heavy atom. The van der Waals surface area contributed by atoms with E-state index >= 15 is 0 Å². The molecule has 0 spiro atoms. The average Bonchev–Trinajstić information content (AvgIpc) is 2.79. The first-order chi connectivity index (χ1) is 9.79. The molecule has 0 radical (unpaired) electrons. The Morgan fingerprint density at radius 1 is 1.20 bits per heavy atom. The molecule has 2 aromatic rings. The number of para-hydroxylation sites is 2. The van der Waals surface area contributed by atoms with E-state index in [1.54, 1.807) is 0 Å². The van der Waals surface area contributed by atoms with Crippen molar-refractivity contribution in [3.63, 3.8) is 0 Å². The summed E-state index contributed by atoms with van der Waals surface area (Å²) in [5.74, 6) is 2.85. The van der Waals surface area contributed by atoms with Crippen molar-refractivity contribution >= 4 is 11.0 Å². The Balaban J connectivity index is 1.82. The van der Waals surface area contributed by atoms with Gasteiger partial charge in [-0.1, -0.05) is 25.0 Å². The minimum atomic E-state index is 0.784. The predicted octanol–water partition coefficient (Wildman–Crippen LogP) is 3.14.